The predicted octanol–water partition coefficient (Wildman–Crippen LogP) is 16.2. The van der Waals surface area contributed by atoms with Crippen LogP contribution in [0.2, 0.25) is 0 Å². The highest BCUT2D eigenvalue weighted by atomic mass is 15.3. The van der Waals surface area contributed by atoms with E-state index in [0.29, 0.717) is 0 Å². The Bertz CT molecular complexity index is 4010. The molecule has 3 aromatic heterocycles. The van der Waals surface area contributed by atoms with E-state index in [1.54, 1.807) is 0 Å². The van der Waals surface area contributed by atoms with Crippen LogP contribution in [0.25, 0.3) is 82.5 Å². The molecule has 10 aromatic carbocycles. The lowest BCUT2D eigenvalue weighted by Crippen LogP contribution is -2.24. The van der Waals surface area contributed by atoms with Gasteiger partial charge < -0.3 is 23.5 Å². The molecule has 65 heavy (non-hydrogen) atoms. The Kier molecular flexibility index (Phi) is 7.62. The van der Waals surface area contributed by atoms with Crippen LogP contribution >= 0.6 is 0 Å². The molecule has 0 unspecified atom stereocenters. The molecule has 13 aromatic rings. The van der Waals surface area contributed by atoms with E-state index in [1.165, 1.54) is 54.4 Å². The van der Waals surface area contributed by atoms with Crippen molar-refractivity contribution in [3.8, 4) is 17.1 Å². The Labute approximate surface area is 375 Å². The van der Waals surface area contributed by atoms with Gasteiger partial charge in [-0.05, 0) is 109 Å². The van der Waals surface area contributed by atoms with Crippen molar-refractivity contribution in [1.82, 2.24) is 13.7 Å². The summed E-state index contributed by atoms with van der Waals surface area (Å²) in [6.07, 6.45) is 0. The average molecular weight is 830 g/mol. The zero-order valence-electron chi connectivity index (χ0n) is 35.3. The van der Waals surface area contributed by atoms with Crippen LogP contribution in [0.3, 0.4) is 0 Å². The van der Waals surface area contributed by atoms with E-state index < -0.39 is 0 Å². The topological polar surface area (TPSA) is 21.3 Å². The van der Waals surface area contributed by atoms with E-state index in [-0.39, 0.29) is 0 Å². The van der Waals surface area contributed by atoms with Gasteiger partial charge in [0.25, 0.3) is 0 Å². The molecule has 5 heteroatoms. The predicted molar refractivity (Wildman–Crippen MR) is 272 cm³/mol. The van der Waals surface area contributed by atoms with Gasteiger partial charge in [0.15, 0.2) is 0 Å². The monoisotopic (exact) mass is 829 g/mol. The first kappa shape index (κ1) is 35.8. The molecule has 1 aliphatic heterocycles. The maximum atomic E-state index is 2.51. The van der Waals surface area contributed by atoms with Gasteiger partial charge >= 0.3 is 0 Å². The first-order valence-electron chi connectivity index (χ1n) is 22.3. The van der Waals surface area contributed by atoms with Gasteiger partial charge in [-0.3, -0.25) is 0 Å². The first-order chi connectivity index (χ1) is 32.3. The molecule has 1 aliphatic rings. The SMILES string of the molecule is c1ccc(N2c3ccccc3N(c3ccccc3)c3cc(-n4c5ccccc5c5c4ccc4c6ccccc6n(-c6ccc7c(c6)c6ccccc6n7-c6ccccc6)c45)ccc32)cc1. The van der Waals surface area contributed by atoms with Crippen LogP contribution in [0, 0.1) is 0 Å². The average Bonchev–Trinajstić information content (AvgIpc) is 4.02. The number of nitrogens with zero attached hydrogens (tertiary/aromatic N) is 5. The number of rotatable bonds is 5. The first-order valence-corrected chi connectivity index (χ1v) is 22.3. The lowest BCUT2D eigenvalue weighted by Gasteiger charge is -2.40. The maximum absolute atomic E-state index is 2.51. The molecule has 0 atom stereocenters. The molecule has 4 heterocycles. The third-order valence-electron chi connectivity index (χ3n) is 13.5. The fraction of sp³-hybridized carbons (Fsp3) is 0. The van der Waals surface area contributed by atoms with Crippen molar-refractivity contribution < 1.29 is 0 Å². The molecule has 304 valence electrons. The summed E-state index contributed by atoms with van der Waals surface area (Å²) in [4.78, 5) is 4.82. The normalized spacial score (nSPS) is 12.6. The molecule has 0 radical (unpaired) electrons. The fourth-order valence-electron chi connectivity index (χ4n) is 10.8. The van der Waals surface area contributed by atoms with Crippen LogP contribution in [-0.4, -0.2) is 13.7 Å². The summed E-state index contributed by atoms with van der Waals surface area (Å²) in [5.74, 6) is 0. The smallest absolute Gasteiger partial charge is 0.0724 e. The van der Waals surface area contributed by atoms with Gasteiger partial charge in [-0.25, -0.2) is 0 Å². The van der Waals surface area contributed by atoms with E-state index in [9.17, 15) is 0 Å². The number of aromatic nitrogens is 3. The molecule has 5 nitrogen and oxygen atoms in total. The summed E-state index contributed by atoms with van der Waals surface area (Å²) < 4.78 is 7.37. The fourth-order valence-corrected chi connectivity index (χ4v) is 10.8. The third kappa shape index (κ3) is 5.15. The summed E-state index contributed by atoms with van der Waals surface area (Å²) in [5.41, 5.74) is 17.2. The highest BCUT2D eigenvalue weighted by molar-refractivity contribution is 6.26. The summed E-state index contributed by atoms with van der Waals surface area (Å²) >= 11 is 0. The van der Waals surface area contributed by atoms with E-state index in [2.05, 4.69) is 260 Å². The quantitative estimate of drug-likeness (QED) is 0.172. The van der Waals surface area contributed by atoms with Gasteiger partial charge in [-0.15, -0.1) is 0 Å². The largest absolute Gasteiger partial charge is 0.309 e. The van der Waals surface area contributed by atoms with E-state index >= 15 is 0 Å². The second-order valence-corrected chi connectivity index (χ2v) is 17.0. The molecule has 0 N–H and O–H groups in total. The molecule has 0 spiro atoms. The van der Waals surface area contributed by atoms with Crippen molar-refractivity contribution in [2.45, 2.75) is 0 Å². The lowest BCUT2D eigenvalue weighted by molar-refractivity contribution is 1.13. The van der Waals surface area contributed by atoms with Crippen molar-refractivity contribution in [1.29, 1.82) is 0 Å². The molecule has 0 amide bonds. The van der Waals surface area contributed by atoms with Gasteiger partial charge in [0.1, 0.15) is 0 Å². The van der Waals surface area contributed by atoms with Crippen molar-refractivity contribution in [3.05, 3.63) is 237 Å². The van der Waals surface area contributed by atoms with Gasteiger partial charge in [0.05, 0.1) is 55.8 Å². The molecule has 0 aliphatic carbocycles. The zero-order chi connectivity index (χ0) is 42.6. The van der Waals surface area contributed by atoms with E-state index in [0.717, 1.165) is 62.2 Å². The molecule has 0 saturated heterocycles. The zero-order valence-corrected chi connectivity index (χ0v) is 35.3. The van der Waals surface area contributed by atoms with Crippen LogP contribution in [0.15, 0.2) is 237 Å². The number of anilines is 6. The van der Waals surface area contributed by atoms with Crippen molar-refractivity contribution in [2.24, 2.45) is 0 Å². The lowest BCUT2D eigenvalue weighted by atomic mass is 10.0. The van der Waals surface area contributed by atoms with Crippen LogP contribution < -0.4 is 9.80 Å². The van der Waals surface area contributed by atoms with Gasteiger partial charge in [-0.2, -0.15) is 0 Å². The number of hydrogen-bond donors (Lipinski definition) is 0. The number of hydrogen-bond acceptors (Lipinski definition) is 2. The molecular formula is C60H39N5. The molecular weight excluding hydrogens is 791 g/mol. The molecule has 14 rings (SSSR count). The van der Waals surface area contributed by atoms with Crippen LogP contribution in [0.4, 0.5) is 34.1 Å². The maximum Gasteiger partial charge on any atom is 0.0724 e. The highest BCUT2D eigenvalue weighted by Crippen LogP contribution is 2.55. The Balaban J connectivity index is 1.04. The van der Waals surface area contributed by atoms with Crippen molar-refractivity contribution in [2.75, 3.05) is 9.80 Å². The minimum Gasteiger partial charge on any atom is -0.309 e. The summed E-state index contributed by atoms with van der Waals surface area (Å²) in [6.45, 7) is 0. The second kappa shape index (κ2) is 13.9. The van der Waals surface area contributed by atoms with Crippen molar-refractivity contribution >= 4 is 99.5 Å². The summed E-state index contributed by atoms with van der Waals surface area (Å²) in [7, 11) is 0. The van der Waals surface area contributed by atoms with Gasteiger partial charge in [0, 0.05) is 60.8 Å². The van der Waals surface area contributed by atoms with Crippen LogP contribution in [-0.2, 0) is 0 Å². The molecule has 0 bridgehead atoms. The Hall–Kier alpha value is -8.80. The highest BCUT2D eigenvalue weighted by Gasteiger charge is 2.31. The molecule has 0 fully saturated rings. The summed E-state index contributed by atoms with van der Waals surface area (Å²) in [5, 5.41) is 7.38. The van der Waals surface area contributed by atoms with Crippen LogP contribution in [0.5, 0.6) is 0 Å². The Morgan fingerprint density at radius 3 is 1.31 bits per heavy atom. The summed E-state index contributed by atoms with van der Waals surface area (Å²) in [6, 6.07) is 86.2. The van der Waals surface area contributed by atoms with E-state index in [1.807, 2.05) is 0 Å². The number of para-hydroxylation sites is 8. The number of fused-ring (bicyclic) bond motifs is 12. The van der Waals surface area contributed by atoms with Gasteiger partial charge in [-0.1, -0.05) is 127 Å². The number of benzene rings is 10. The third-order valence-corrected chi connectivity index (χ3v) is 13.5. The van der Waals surface area contributed by atoms with Crippen molar-refractivity contribution in [3.63, 3.8) is 0 Å². The molecule has 0 saturated carbocycles. The van der Waals surface area contributed by atoms with E-state index in [4.69, 9.17) is 0 Å². The van der Waals surface area contributed by atoms with Gasteiger partial charge in [0.2, 0.25) is 0 Å². The minimum absolute atomic E-state index is 1.10. The van der Waals surface area contributed by atoms with Crippen LogP contribution in [0.1, 0.15) is 0 Å². The second-order valence-electron chi connectivity index (χ2n) is 17.0. The Morgan fingerprint density at radius 1 is 0.215 bits per heavy atom. The standard InChI is InChI=1S/C60H39N5/c1-4-18-40(19-5-1)61-50-27-13-11-25-46(50)49-38-43(32-35-53(49)61)65-51-28-14-10-24-45(51)47-34-37-57-59(60(47)65)48-26-12-15-29-52(48)64(57)44-33-36-56-58(39-44)63(42-22-8-3-9-23-42)55-31-17-16-30-54(55)62(56)41-20-6-2-7-21-41/h1-39H. The minimum atomic E-state index is 1.10. The Morgan fingerprint density at radius 2 is 0.646 bits per heavy atom.